The molecular formula is C13H17ClN2. The van der Waals surface area contributed by atoms with Gasteiger partial charge in [0.1, 0.15) is 5.15 Å². The maximum Gasteiger partial charge on any atom is 0.133 e. The molecule has 1 aliphatic carbocycles. The van der Waals surface area contributed by atoms with Crippen molar-refractivity contribution < 1.29 is 0 Å². The number of hydrogen-bond donors (Lipinski definition) is 1. The Morgan fingerprint density at radius 1 is 1.44 bits per heavy atom. The first-order valence-electron chi connectivity index (χ1n) is 5.84. The van der Waals surface area contributed by atoms with Crippen molar-refractivity contribution in [3.8, 4) is 0 Å². The zero-order valence-corrected chi connectivity index (χ0v) is 10.1. The van der Waals surface area contributed by atoms with Gasteiger partial charge in [-0.1, -0.05) is 29.3 Å². The minimum absolute atomic E-state index is 0.607. The Bertz CT molecular complexity index is 374. The summed E-state index contributed by atoms with van der Waals surface area (Å²) in [5, 5.41) is 4.01. The Morgan fingerprint density at radius 3 is 3.12 bits per heavy atom. The van der Waals surface area contributed by atoms with Gasteiger partial charge in [-0.15, -0.1) is 0 Å². The Kier molecular flexibility index (Phi) is 4.37. The minimum Gasteiger partial charge on any atom is -0.312 e. The van der Waals surface area contributed by atoms with Crippen LogP contribution < -0.4 is 5.32 Å². The largest absolute Gasteiger partial charge is 0.312 e. The van der Waals surface area contributed by atoms with Crippen LogP contribution in [-0.2, 0) is 6.54 Å². The van der Waals surface area contributed by atoms with Crippen molar-refractivity contribution >= 4 is 11.6 Å². The maximum atomic E-state index is 5.97. The van der Waals surface area contributed by atoms with Crippen LogP contribution in [0.25, 0.3) is 0 Å². The Balaban J connectivity index is 1.70. The molecule has 1 aliphatic rings. The number of hydrogen-bond acceptors (Lipinski definition) is 2. The lowest BCUT2D eigenvalue weighted by Gasteiger charge is -2.06. The van der Waals surface area contributed by atoms with Crippen molar-refractivity contribution in [1.82, 2.24) is 10.3 Å². The van der Waals surface area contributed by atoms with E-state index in [0.717, 1.165) is 25.1 Å². The summed E-state index contributed by atoms with van der Waals surface area (Å²) in [4.78, 5) is 4.05. The molecular weight excluding hydrogens is 220 g/mol. The van der Waals surface area contributed by atoms with Gasteiger partial charge in [-0.25, -0.2) is 4.98 Å². The Morgan fingerprint density at radius 2 is 2.38 bits per heavy atom. The molecule has 1 heterocycles. The third kappa shape index (κ3) is 3.32. The summed E-state index contributed by atoms with van der Waals surface area (Å²) >= 11 is 5.97. The van der Waals surface area contributed by atoms with Crippen molar-refractivity contribution in [3.63, 3.8) is 0 Å². The summed E-state index contributed by atoms with van der Waals surface area (Å²) in [6, 6.07) is 3.93. The van der Waals surface area contributed by atoms with Gasteiger partial charge in [0.2, 0.25) is 0 Å². The molecule has 86 valence electrons. The topological polar surface area (TPSA) is 24.9 Å². The second-order valence-electron chi connectivity index (χ2n) is 4.13. The first kappa shape index (κ1) is 11.6. The molecule has 0 aromatic carbocycles. The number of allylic oxidation sites excluding steroid dienone is 1. The van der Waals surface area contributed by atoms with Crippen LogP contribution in [0.5, 0.6) is 0 Å². The number of nitrogens with zero attached hydrogens (tertiary/aromatic N) is 1. The standard InChI is InChI=1S/C13H17ClN2/c14-13-12(6-3-8-16-13)10-15-9-7-11-4-1-2-5-11/h3-4,6,8,15H,1-2,5,7,9-10H2. The monoisotopic (exact) mass is 236 g/mol. The van der Waals surface area contributed by atoms with Crippen LogP contribution in [0.15, 0.2) is 30.0 Å². The van der Waals surface area contributed by atoms with Crippen molar-refractivity contribution in [2.75, 3.05) is 6.54 Å². The molecule has 0 amide bonds. The molecule has 0 radical (unpaired) electrons. The van der Waals surface area contributed by atoms with Crippen LogP contribution in [0.2, 0.25) is 5.15 Å². The van der Waals surface area contributed by atoms with E-state index >= 15 is 0 Å². The van der Waals surface area contributed by atoms with Crippen molar-refractivity contribution in [1.29, 1.82) is 0 Å². The third-order valence-corrected chi connectivity index (χ3v) is 3.25. The number of rotatable bonds is 5. The molecule has 0 unspecified atom stereocenters. The summed E-state index contributed by atoms with van der Waals surface area (Å²) in [6.45, 7) is 1.83. The highest BCUT2D eigenvalue weighted by Crippen LogP contribution is 2.19. The smallest absolute Gasteiger partial charge is 0.133 e. The van der Waals surface area contributed by atoms with E-state index in [1.165, 1.54) is 19.3 Å². The average molecular weight is 237 g/mol. The second kappa shape index (κ2) is 6.02. The van der Waals surface area contributed by atoms with E-state index in [1.54, 1.807) is 11.8 Å². The lowest BCUT2D eigenvalue weighted by atomic mass is 10.1. The van der Waals surface area contributed by atoms with Gasteiger partial charge < -0.3 is 5.32 Å². The summed E-state index contributed by atoms with van der Waals surface area (Å²) in [6.07, 6.45) is 9.15. The van der Waals surface area contributed by atoms with Gasteiger partial charge in [0.05, 0.1) is 0 Å². The second-order valence-corrected chi connectivity index (χ2v) is 4.49. The van der Waals surface area contributed by atoms with Crippen LogP contribution in [0.1, 0.15) is 31.2 Å². The molecule has 0 saturated heterocycles. The van der Waals surface area contributed by atoms with Crippen molar-refractivity contribution in [3.05, 3.63) is 40.7 Å². The first-order valence-corrected chi connectivity index (χ1v) is 6.22. The number of pyridine rings is 1. The SMILES string of the molecule is Clc1ncccc1CNCCC1=CCCC1. The molecule has 2 nitrogen and oxygen atoms in total. The fourth-order valence-electron chi connectivity index (χ4n) is 1.99. The highest BCUT2D eigenvalue weighted by Gasteiger charge is 2.04. The van der Waals surface area contributed by atoms with Crippen LogP contribution in [-0.4, -0.2) is 11.5 Å². The molecule has 0 aliphatic heterocycles. The molecule has 1 aromatic rings. The third-order valence-electron chi connectivity index (χ3n) is 2.91. The van der Waals surface area contributed by atoms with Crippen LogP contribution in [0, 0.1) is 0 Å². The van der Waals surface area contributed by atoms with Gasteiger partial charge >= 0.3 is 0 Å². The molecule has 2 rings (SSSR count). The fraction of sp³-hybridized carbons (Fsp3) is 0.462. The van der Waals surface area contributed by atoms with Gasteiger partial charge in [-0.3, -0.25) is 0 Å². The quantitative estimate of drug-likeness (QED) is 0.482. The first-order chi connectivity index (χ1) is 7.86. The Labute approximate surface area is 102 Å². The summed E-state index contributed by atoms with van der Waals surface area (Å²) in [5.41, 5.74) is 2.68. The average Bonchev–Trinajstić information content (AvgIpc) is 2.79. The molecule has 16 heavy (non-hydrogen) atoms. The molecule has 0 atom stereocenters. The van der Waals surface area contributed by atoms with Crippen molar-refractivity contribution in [2.45, 2.75) is 32.2 Å². The molecule has 0 fully saturated rings. The van der Waals surface area contributed by atoms with Gasteiger partial charge in [-0.05, 0) is 38.3 Å². The van der Waals surface area contributed by atoms with Crippen LogP contribution in [0.3, 0.4) is 0 Å². The zero-order valence-electron chi connectivity index (χ0n) is 9.38. The van der Waals surface area contributed by atoms with E-state index in [9.17, 15) is 0 Å². The van der Waals surface area contributed by atoms with E-state index in [0.29, 0.717) is 5.15 Å². The number of aromatic nitrogens is 1. The minimum atomic E-state index is 0.607. The maximum absolute atomic E-state index is 5.97. The lowest BCUT2D eigenvalue weighted by Crippen LogP contribution is -2.15. The Hall–Kier alpha value is -0.860. The van der Waals surface area contributed by atoms with E-state index in [-0.39, 0.29) is 0 Å². The molecule has 0 bridgehead atoms. The predicted octanol–water partition coefficient (Wildman–Crippen LogP) is 3.33. The van der Waals surface area contributed by atoms with Gasteiger partial charge in [0.15, 0.2) is 0 Å². The molecule has 1 N–H and O–H groups in total. The normalized spacial score (nSPS) is 15.2. The number of nitrogens with one attached hydrogen (secondary N) is 1. The van der Waals surface area contributed by atoms with E-state index in [1.807, 2.05) is 12.1 Å². The van der Waals surface area contributed by atoms with Crippen LogP contribution in [0.4, 0.5) is 0 Å². The highest BCUT2D eigenvalue weighted by atomic mass is 35.5. The molecule has 1 aromatic heterocycles. The van der Waals surface area contributed by atoms with Crippen LogP contribution >= 0.6 is 11.6 Å². The molecule has 0 saturated carbocycles. The highest BCUT2D eigenvalue weighted by molar-refractivity contribution is 6.30. The van der Waals surface area contributed by atoms with E-state index in [2.05, 4.69) is 16.4 Å². The van der Waals surface area contributed by atoms with Gasteiger partial charge in [0, 0.05) is 18.3 Å². The van der Waals surface area contributed by atoms with Crippen molar-refractivity contribution in [2.24, 2.45) is 0 Å². The molecule has 3 heteroatoms. The van der Waals surface area contributed by atoms with Gasteiger partial charge in [-0.2, -0.15) is 0 Å². The predicted molar refractivity (Wildman–Crippen MR) is 67.5 cm³/mol. The summed E-state index contributed by atoms with van der Waals surface area (Å²) < 4.78 is 0. The van der Waals surface area contributed by atoms with Gasteiger partial charge in [0.25, 0.3) is 0 Å². The molecule has 0 spiro atoms. The summed E-state index contributed by atoms with van der Waals surface area (Å²) in [7, 11) is 0. The van der Waals surface area contributed by atoms with E-state index < -0.39 is 0 Å². The van der Waals surface area contributed by atoms with E-state index in [4.69, 9.17) is 11.6 Å². The number of halogens is 1. The lowest BCUT2D eigenvalue weighted by molar-refractivity contribution is 0.674. The fourth-order valence-corrected chi connectivity index (χ4v) is 2.17. The zero-order chi connectivity index (χ0) is 11.2. The summed E-state index contributed by atoms with van der Waals surface area (Å²) in [5.74, 6) is 0.